The van der Waals surface area contributed by atoms with Crippen LogP contribution in [0.15, 0.2) is 0 Å². The van der Waals surface area contributed by atoms with Crippen molar-refractivity contribution in [3.8, 4) is 0 Å². The van der Waals surface area contributed by atoms with Crippen LogP contribution < -0.4 is 0 Å². The molecule has 0 heterocycles. The summed E-state index contributed by atoms with van der Waals surface area (Å²) >= 11 is 0. The maximum atomic E-state index is 12.1. The number of unbranched alkanes of at least 4 members (excludes halogenated alkanes) is 22. The zero-order valence-electron chi connectivity index (χ0n) is 23.6. The summed E-state index contributed by atoms with van der Waals surface area (Å²) in [7, 11) is 0. The molecule has 1 unspecified atom stereocenters. The number of hydrogen-bond donors (Lipinski definition) is 1. The van der Waals surface area contributed by atoms with Crippen molar-refractivity contribution < 1.29 is 19.4 Å². The second kappa shape index (κ2) is 31.4. The molecule has 212 valence electrons. The second-order valence-electron chi connectivity index (χ2n) is 10.6. The summed E-state index contributed by atoms with van der Waals surface area (Å²) in [5.74, 6) is -1.35. The van der Waals surface area contributed by atoms with Gasteiger partial charge in [0.25, 0.3) is 0 Å². The van der Waals surface area contributed by atoms with Crippen LogP contribution in [0.5, 0.6) is 0 Å². The van der Waals surface area contributed by atoms with E-state index in [1.807, 2.05) is 0 Å². The molecule has 0 bridgehead atoms. The quantitative estimate of drug-likeness (QED) is 0.0612. The molecule has 0 radical (unpaired) electrons. The van der Waals surface area contributed by atoms with Gasteiger partial charge in [-0.25, -0.2) is 4.79 Å². The molecule has 0 spiro atoms. The third-order valence-corrected chi connectivity index (χ3v) is 7.10. The van der Waals surface area contributed by atoms with Crippen molar-refractivity contribution in [2.24, 2.45) is 0 Å². The third kappa shape index (κ3) is 28.8. The summed E-state index contributed by atoms with van der Waals surface area (Å²) in [6, 6.07) is 0. The van der Waals surface area contributed by atoms with Gasteiger partial charge in [0.2, 0.25) is 0 Å². The van der Waals surface area contributed by atoms with Gasteiger partial charge in [-0.2, -0.15) is 0 Å². The van der Waals surface area contributed by atoms with E-state index in [-0.39, 0.29) is 43.7 Å². The Balaban J connectivity index is 0. The second-order valence-corrected chi connectivity index (χ2v) is 10.6. The fraction of sp³-hybridized carbons (Fsp3) is 0.935. The van der Waals surface area contributed by atoms with Crippen molar-refractivity contribution in [1.82, 2.24) is 0 Å². The summed E-state index contributed by atoms with van der Waals surface area (Å²) in [6.45, 7) is 4.51. The first-order valence-corrected chi connectivity index (χ1v) is 15.5. The Hall–Kier alpha value is 0.200. The summed E-state index contributed by atoms with van der Waals surface area (Å²) in [5.41, 5.74) is 0. The number of esters is 1. The van der Waals surface area contributed by atoms with Crippen LogP contribution in [-0.4, -0.2) is 60.9 Å². The minimum absolute atomic E-state index is 0. The molecule has 5 heteroatoms. The monoisotopic (exact) mass is 538 g/mol. The molecule has 0 aromatic carbocycles. The average Bonchev–Trinajstić information content (AvgIpc) is 2.84. The molecule has 1 N–H and O–H groups in total. The van der Waals surface area contributed by atoms with Crippen LogP contribution >= 0.6 is 0 Å². The molecule has 4 nitrogen and oxygen atoms in total. The van der Waals surface area contributed by atoms with Crippen molar-refractivity contribution in [3.05, 3.63) is 0 Å². The zero-order valence-corrected chi connectivity index (χ0v) is 23.6. The summed E-state index contributed by atoms with van der Waals surface area (Å²) in [5, 5.41) is 9.40. The molecular weight excluding hydrogens is 476 g/mol. The summed E-state index contributed by atoms with van der Waals surface area (Å²) in [6.07, 6.45) is 29.8. The Labute approximate surface area is 254 Å². The third-order valence-electron chi connectivity index (χ3n) is 7.10. The van der Waals surface area contributed by atoms with E-state index in [2.05, 4.69) is 13.8 Å². The van der Waals surface area contributed by atoms with Crippen molar-refractivity contribution >= 4 is 49.7 Å². The fourth-order valence-corrected chi connectivity index (χ4v) is 4.73. The molecule has 0 fully saturated rings. The van der Waals surface area contributed by atoms with Crippen LogP contribution in [0, 0.1) is 0 Å². The summed E-state index contributed by atoms with van der Waals surface area (Å²) < 4.78 is 5.27. The van der Waals surface area contributed by atoms with Crippen LogP contribution in [0.2, 0.25) is 0 Å². The van der Waals surface area contributed by atoms with E-state index in [1.54, 1.807) is 0 Å². The zero-order chi connectivity index (χ0) is 25.8. The van der Waals surface area contributed by atoms with Gasteiger partial charge >= 0.3 is 49.7 Å². The molecule has 0 aliphatic carbocycles. The van der Waals surface area contributed by atoms with E-state index in [0.29, 0.717) is 12.8 Å². The van der Waals surface area contributed by atoms with Gasteiger partial charge in [-0.3, -0.25) is 4.79 Å². The van der Waals surface area contributed by atoms with Crippen molar-refractivity contribution in [2.75, 3.05) is 0 Å². The molecule has 0 rings (SSSR count). The Kier molecular flexibility index (Phi) is 33.5. The fourth-order valence-electron chi connectivity index (χ4n) is 4.73. The van der Waals surface area contributed by atoms with E-state index >= 15 is 0 Å². The SMILES string of the molecule is CCCCCCCCCCCCCCCC(OC(=O)CCCCCCCCCCCCC)C(=O)O.[CaH2]. The first-order chi connectivity index (χ1) is 17.1. The number of carbonyl (C=O) groups is 2. The van der Waals surface area contributed by atoms with Gasteiger partial charge in [-0.1, -0.05) is 155 Å². The Morgan fingerprint density at radius 3 is 1.17 bits per heavy atom. The molecule has 0 saturated heterocycles. The Morgan fingerprint density at radius 2 is 0.833 bits per heavy atom. The van der Waals surface area contributed by atoms with Gasteiger partial charge in [0.1, 0.15) is 0 Å². The van der Waals surface area contributed by atoms with Crippen LogP contribution in [0.3, 0.4) is 0 Å². The molecule has 0 aliphatic rings. The van der Waals surface area contributed by atoms with Gasteiger partial charge in [0.05, 0.1) is 0 Å². The molecule has 0 aromatic rings. The molecular formula is C31H62CaO4. The van der Waals surface area contributed by atoms with Crippen LogP contribution in [0.25, 0.3) is 0 Å². The standard InChI is InChI=1S/C31H60O4.Ca.2H/c1-3-5-7-9-11-13-15-16-18-19-21-23-25-27-29(31(33)34)35-30(32)28-26-24-22-20-17-14-12-10-8-6-4-2;;;/h29H,3-28H2,1-2H3,(H,33,34);;;. The molecule has 0 aliphatic heterocycles. The van der Waals surface area contributed by atoms with Crippen LogP contribution in [0.4, 0.5) is 0 Å². The number of ether oxygens (including phenoxy) is 1. The van der Waals surface area contributed by atoms with E-state index in [1.165, 1.54) is 116 Å². The van der Waals surface area contributed by atoms with E-state index in [0.717, 1.165) is 38.5 Å². The topological polar surface area (TPSA) is 63.6 Å². The van der Waals surface area contributed by atoms with Gasteiger partial charge in [-0.05, 0) is 19.3 Å². The number of carbonyl (C=O) groups excluding carboxylic acids is 1. The molecule has 0 saturated carbocycles. The van der Waals surface area contributed by atoms with Gasteiger partial charge < -0.3 is 9.84 Å². The average molecular weight is 539 g/mol. The predicted octanol–water partition coefficient (Wildman–Crippen LogP) is 9.25. The molecule has 0 aromatic heterocycles. The van der Waals surface area contributed by atoms with Gasteiger partial charge in [0.15, 0.2) is 6.10 Å². The summed E-state index contributed by atoms with van der Waals surface area (Å²) in [4.78, 5) is 23.5. The molecule has 36 heavy (non-hydrogen) atoms. The van der Waals surface area contributed by atoms with E-state index in [9.17, 15) is 14.7 Å². The van der Waals surface area contributed by atoms with Crippen molar-refractivity contribution in [1.29, 1.82) is 0 Å². The number of rotatable bonds is 28. The van der Waals surface area contributed by atoms with Gasteiger partial charge in [0, 0.05) is 6.42 Å². The van der Waals surface area contributed by atoms with E-state index in [4.69, 9.17) is 4.74 Å². The molecule has 0 amide bonds. The van der Waals surface area contributed by atoms with E-state index < -0.39 is 12.1 Å². The Bertz CT molecular complexity index is 469. The van der Waals surface area contributed by atoms with Gasteiger partial charge in [-0.15, -0.1) is 0 Å². The van der Waals surface area contributed by atoms with Crippen LogP contribution in [-0.2, 0) is 14.3 Å². The first-order valence-electron chi connectivity index (χ1n) is 15.5. The minimum atomic E-state index is -1.00. The predicted molar refractivity (Wildman–Crippen MR) is 157 cm³/mol. The number of carboxylic acids is 1. The number of aliphatic carboxylic acids is 1. The molecule has 1 atom stereocenters. The Morgan fingerprint density at radius 1 is 0.528 bits per heavy atom. The first kappa shape index (κ1) is 38.3. The van der Waals surface area contributed by atoms with Crippen molar-refractivity contribution in [2.45, 2.75) is 187 Å². The maximum absolute atomic E-state index is 12.1. The van der Waals surface area contributed by atoms with Crippen LogP contribution in [0.1, 0.15) is 181 Å². The van der Waals surface area contributed by atoms with Crippen molar-refractivity contribution in [3.63, 3.8) is 0 Å². The number of carboxylic acid groups (broad SMARTS) is 1. The normalized spacial score (nSPS) is 11.7. The number of hydrogen-bond acceptors (Lipinski definition) is 3.